The normalized spacial score (nSPS) is 27.0. The van der Waals surface area contributed by atoms with Crippen molar-refractivity contribution in [1.29, 1.82) is 0 Å². The third-order valence-electron chi connectivity index (χ3n) is 6.11. The molecule has 1 saturated carbocycles. The van der Waals surface area contributed by atoms with Crippen molar-refractivity contribution in [3.05, 3.63) is 35.6 Å². The third-order valence-corrected chi connectivity index (χ3v) is 6.11. The number of benzene rings is 1. The average Bonchev–Trinajstić information content (AvgIpc) is 3.40. The van der Waals surface area contributed by atoms with E-state index in [1.165, 1.54) is 25.0 Å². The number of hydrogen-bond acceptors (Lipinski definition) is 2. The van der Waals surface area contributed by atoms with Crippen molar-refractivity contribution in [1.82, 2.24) is 9.80 Å². The van der Waals surface area contributed by atoms with Gasteiger partial charge in [-0.05, 0) is 56.6 Å². The Morgan fingerprint density at radius 3 is 2.64 bits per heavy atom. The van der Waals surface area contributed by atoms with Gasteiger partial charge in [-0.25, -0.2) is 4.39 Å². The predicted molar refractivity (Wildman–Crippen MR) is 92.5 cm³/mol. The molecule has 4 rings (SSSR count). The van der Waals surface area contributed by atoms with E-state index >= 15 is 0 Å². The van der Waals surface area contributed by atoms with Crippen LogP contribution in [-0.2, 0) is 4.79 Å². The topological polar surface area (TPSA) is 40.6 Å². The number of rotatable bonds is 3. The van der Waals surface area contributed by atoms with Gasteiger partial charge < -0.3 is 9.80 Å². The lowest BCUT2D eigenvalue weighted by atomic mass is 9.79. The van der Waals surface area contributed by atoms with Crippen LogP contribution in [0.4, 0.5) is 4.39 Å². The first-order chi connectivity index (χ1) is 12.1. The van der Waals surface area contributed by atoms with Gasteiger partial charge in [0.1, 0.15) is 5.82 Å². The fraction of sp³-hybridized carbons (Fsp3) is 0.600. The molecule has 2 aliphatic heterocycles. The van der Waals surface area contributed by atoms with E-state index in [-0.39, 0.29) is 16.9 Å². The van der Waals surface area contributed by atoms with Crippen LogP contribution in [0.1, 0.15) is 48.9 Å². The van der Waals surface area contributed by atoms with Gasteiger partial charge in [-0.15, -0.1) is 0 Å². The van der Waals surface area contributed by atoms with Crippen molar-refractivity contribution in [2.24, 2.45) is 11.3 Å². The van der Waals surface area contributed by atoms with Crippen LogP contribution in [0.5, 0.6) is 0 Å². The number of amides is 2. The molecule has 1 aromatic rings. The van der Waals surface area contributed by atoms with E-state index in [1.807, 2.05) is 4.90 Å². The fourth-order valence-electron chi connectivity index (χ4n) is 4.35. The fourth-order valence-corrected chi connectivity index (χ4v) is 4.35. The van der Waals surface area contributed by atoms with E-state index in [0.29, 0.717) is 31.3 Å². The van der Waals surface area contributed by atoms with E-state index in [1.54, 1.807) is 17.0 Å². The Hall–Kier alpha value is -1.91. The minimum Gasteiger partial charge on any atom is -0.342 e. The molecule has 3 aliphatic rings. The van der Waals surface area contributed by atoms with Crippen molar-refractivity contribution < 1.29 is 14.0 Å². The number of likely N-dealkylation sites (tertiary alicyclic amines) is 2. The molecule has 3 fully saturated rings. The van der Waals surface area contributed by atoms with E-state index in [2.05, 4.69) is 0 Å². The van der Waals surface area contributed by atoms with Crippen LogP contribution in [0, 0.1) is 17.2 Å². The molecule has 0 bridgehead atoms. The molecule has 0 unspecified atom stereocenters. The summed E-state index contributed by atoms with van der Waals surface area (Å²) in [6.07, 6.45) is 5.76. The summed E-state index contributed by atoms with van der Waals surface area (Å²) < 4.78 is 13.9. The van der Waals surface area contributed by atoms with Gasteiger partial charge in [0.2, 0.25) is 5.91 Å². The van der Waals surface area contributed by atoms with Crippen molar-refractivity contribution in [2.75, 3.05) is 26.2 Å². The quantitative estimate of drug-likeness (QED) is 0.845. The lowest BCUT2D eigenvalue weighted by Gasteiger charge is -2.27. The van der Waals surface area contributed by atoms with Crippen molar-refractivity contribution in [3.8, 4) is 0 Å². The SMILES string of the molecule is O=C(c1ccccc1F)N1CCC[C@@]2(CC1)CCN(CC1CC1)C2=O. The Kier molecular flexibility index (Phi) is 4.26. The van der Waals surface area contributed by atoms with Gasteiger partial charge >= 0.3 is 0 Å². The summed E-state index contributed by atoms with van der Waals surface area (Å²) in [5.74, 6) is 0.276. The molecule has 2 saturated heterocycles. The second kappa shape index (κ2) is 6.43. The lowest BCUT2D eigenvalue weighted by molar-refractivity contribution is -0.136. The second-order valence-electron chi connectivity index (χ2n) is 7.85. The van der Waals surface area contributed by atoms with E-state index in [4.69, 9.17) is 0 Å². The maximum atomic E-state index is 13.9. The molecule has 1 aromatic carbocycles. The molecule has 0 radical (unpaired) electrons. The van der Waals surface area contributed by atoms with E-state index < -0.39 is 5.82 Å². The van der Waals surface area contributed by atoms with Crippen LogP contribution in [0.15, 0.2) is 24.3 Å². The number of nitrogens with zero attached hydrogens (tertiary/aromatic N) is 2. The summed E-state index contributed by atoms with van der Waals surface area (Å²) in [5, 5.41) is 0. The second-order valence-corrected chi connectivity index (χ2v) is 7.85. The number of carbonyl (C=O) groups excluding carboxylic acids is 2. The van der Waals surface area contributed by atoms with Crippen LogP contribution in [0.2, 0.25) is 0 Å². The summed E-state index contributed by atoms with van der Waals surface area (Å²) in [6, 6.07) is 6.14. The highest BCUT2D eigenvalue weighted by molar-refractivity contribution is 5.94. The molecule has 0 aromatic heterocycles. The number of carbonyl (C=O) groups is 2. The first-order valence-corrected chi connectivity index (χ1v) is 9.42. The summed E-state index contributed by atoms with van der Waals surface area (Å²) in [7, 11) is 0. The molecule has 134 valence electrons. The molecular weight excluding hydrogens is 319 g/mol. The molecule has 1 atom stereocenters. The Morgan fingerprint density at radius 2 is 1.88 bits per heavy atom. The Bertz CT molecular complexity index is 688. The highest BCUT2D eigenvalue weighted by Gasteiger charge is 2.48. The van der Waals surface area contributed by atoms with Gasteiger partial charge in [0.15, 0.2) is 0 Å². The summed E-state index contributed by atoms with van der Waals surface area (Å²) in [4.78, 5) is 29.4. The van der Waals surface area contributed by atoms with Crippen LogP contribution in [-0.4, -0.2) is 47.8 Å². The van der Waals surface area contributed by atoms with Crippen molar-refractivity contribution in [3.63, 3.8) is 0 Å². The largest absolute Gasteiger partial charge is 0.342 e. The molecule has 1 spiro atoms. The van der Waals surface area contributed by atoms with Gasteiger partial charge in [0, 0.05) is 26.2 Å². The smallest absolute Gasteiger partial charge is 0.256 e. The number of hydrogen-bond donors (Lipinski definition) is 0. The van der Waals surface area contributed by atoms with Crippen molar-refractivity contribution >= 4 is 11.8 Å². The summed E-state index contributed by atoms with van der Waals surface area (Å²) in [5.41, 5.74) is -0.161. The molecule has 2 amide bonds. The Balaban J connectivity index is 1.44. The third kappa shape index (κ3) is 3.16. The molecule has 25 heavy (non-hydrogen) atoms. The maximum absolute atomic E-state index is 13.9. The molecular formula is C20H25FN2O2. The average molecular weight is 344 g/mol. The Labute approximate surface area is 148 Å². The van der Waals surface area contributed by atoms with Gasteiger partial charge in [0.05, 0.1) is 11.0 Å². The molecule has 1 aliphatic carbocycles. The molecule has 5 heteroatoms. The van der Waals surface area contributed by atoms with Gasteiger partial charge in [0.25, 0.3) is 5.91 Å². The van der Waals surface area contributed by atoms with E-state index in [0.717, 1.165) is 32.4 Å². The maximum Gasteiger partial charge on any atom is 0.256 e. The van der Waals surface area contributed by atoms with Crippen LogP contribution in [0.25, 0.3) is 0 Å². The zero-order chi connectivity index (χ0) is 17.4. The first-order valence-electron chi connectivity index (χ1n) is 9.42. The van der Waals surface area contributed by atoms with Crippen molar-refractivity contribution in [2.45, 2.75) is 38.5 Å². The standard InChI is InChI=1S/C20H25FN2O2/c21-17-5-2-1-4-16(17)18(24)22-11-3-8-20(9-12-22)10-13-23(19(20)25)14-15-6-7-15/h1-2,4-5,15H,3,6-14H2/t20-/m1/s1. The Morgan fingerprint density at radius 1 is 1.12 bits per heavy atom. The lowest BCUT2D eigenvalue weighted by Crippen LogP contribution is -2.37. The predicted octanol–water partition coefficient (Wildman–Crippen LogP) is 3.08. The minimum atomic E-state index is -0.473. The van der Waals surface area contributed by atoms with Gasteiger partial charge in [-0.1, -0.05) is 12.1 Å². The van der Waals surface area contributed by atoms with Gasteiger partial charge in [-0.2, -0.15) is 0 Å². The number of halogens is 1. The van der Waals surface area contributed by atoms with Crippen LogP contribution >= 0.6 is 0 Å². The first kappa shape index (κ1) is 16.6. The molecule has 0 N–H and O–H groups in total. The summed E-state index contributed by atoms with van der Waals surface area (Å²) >= 11 is 0. The summed E-state index contributed by atoms with van der Waals surface area (Å²) in [6.45, 7) is 2.91. The highest BCUT2D eigenvalue weighted by atomic mass is 19.1. The molecule has 4 nitrogen and oxygen atoms in total. The molecule has 2 heterocycles. The van der Waals surface area contributed by atoms with E-state index in [9.17, 15) is 14.0 Å². The van der Waals surface area contributed by atoms with Crippen LogP contribution in [0.3, 0.4) is 0 Å². The monoisotopic (exact) mass is 344 g/mol. The van der Waals surface area contributed by atoms with Gasteiger partial charge in [-0.3, -0.25) is 9.59 Å². The zero-order valence-electron chi connectivity index (χ0n) is 14.5. The minimum absolute atomic E-state index is 0.131. The zero-order valence-corrected chi connectivity index (χ0v) is 14.5. The highest BCUT2D eigenvalue weighted by Crippen LogP contribution is 2.43. The van der Waals surface area contributed by atoms with Crippen LogP contribution < -0.4 is 0 Å².